The molecule has 0 radical (unpaired) electrons. The first kappa shape index (κ1) is 14.1. The summed E-state index contributed by atoms with van der Waals surface area (Å²) >= 11 is 0. The van der Waals surface area contributed by atoms with Crippen LogP contribution < -0.4 is 11.2 Å². The highest BCUT2D eigenvalue weighted by atomic mass is 16.2. The Hall–Kier alpha value is -2.88. The Bertz CT molecular complexity index is 894. The predicted molar refractivity (Wildman–Crippen MR) is 87.0 cm³/mol. The van der Waals surface area contributed by atoms with Gasteiger partial charge in [0.1, 0.15) is 0 Å². The monoisotopic (exact) mass is 292 g/mol. The van der Waals surface area contributed by atoms with Gasteiger partial charge in [0.2, 0.25) is 0 Å². The highest BCUT2D eigenvalue weighted by Gasteiger charge is 2.12. The first-order valence-corrected chi connectivity index (χ1v) is 7.21. The third-order valence-electron chi connectivity index (χ3n) is 3.59. The van der Waals surface area contributed by atoms with Gasteiger partial charge in [-0.3, -0.25) is 9.36 Å². The molecular formula is C18H16N2O2. The molecule has 0 unspecified atom stereocenters. The molecule has 0 aliphatic rings. The van der Waals surface area contributed by atoms with Crippen molar-refractivity contribution in [3.8, 4) is 11.4 Å². The van der Waals surface area contributed by atoms with E-state index < -0.39 is 0 Å². The van der Waals surface area contributed by atoms with E-state index in [0.717, 1.165) is 5.69 Å². The molecule has 0 aliphatic heterocycles. The van der Waals surface area contributed by atoms with Crippen molar-refractivity contribution in [3.63, 3.8) is 0 Å². The average molecular weight is 292 g/mol. The summed E-state index contributed by atoms with van der Waals surface area (Å²) in [6, 6.07) is 18.3. The largest absolute Gasteiger partial charge is 0.340 e. The molecule has 0 N–H and O–H groups in total. The van der Waals surface area contributed by atoms with Crippen molar-refractivity contribution in [1.82, 2.24) is 9.13 Å². The van der Waals surface area contributed by atoms with Gasteiger partial charge in [0.25, 0.3) is 5.56 Å². The molecule has 0 saturated carbocycles. The zero-order valence-corrected chi connectivity index (χ0v) is 12.3. The lowest BCUT2D eigenvalue weighted by Crippen LogP contribution is -2.39. The highest BCUT2D eigenvalue weighted by Crippen LogP contribution is 2.07. The number of aromatic nitrogens is 2. The van der Waals surface area contributed by atoms with Crippen molar-refractivity contribution < 1.29 is 0 Å². The molecule has 22 heavy (non-hydrogen) atoms. The molecule has 3 rings (SSSR count). The minimum absolute atomic E-state index is 0.258. The van der Waals surface area contributed by atoms with Gasteiger partial charge in [0, 0.05) is 11.8 Å². The van der Waals surface area contributed by atoms with Gasteiger partial charge in [0.15, 0.2) is 0 Å². The summed E-state index contributed by atoms with van der Waals surface area (Å²) in [5.74, 6) is 0. The Kier molecular flexibility index (Phi) is 3.74. The molecule has 4 nitrogen and oxygen atoms in total. The quantitative estimate of drug-likeness (QED) is 0.744. The molecule has 0 amide bonds. The molecule has 0 fully saturated rings. The lowest BCUT2D eigenvalue weighted by atomic mass is 10.2. The van der Waals surface area contributed by atoms with E-state index in [0.29, 0.717) is 17.7 Å². The van der Waals surface area contributed by atoms with E-state index in [1.54, 1.807) is 18.3 Å². The predicted octanol–water partition coefficient (Wildman–Crippen LogP) is 2.55. The molecule has 0 spiro atoms. The Labute approximate surface area is 127 Å². The number of hydrogen-bond acceptors (Lipinski definition) is 2. The van der Waals surface area contributed by atoms with E-state index in [2.05, 4.69) is 0 Å². The topological polar surface area (TPSA) is 44.0 Å². The summed E-state index contributed by atoms with van der Waals surface area (Å²) in [5.41, 5.74) is 1.31. The zero-order chi connectivity index (χ0) is 15.5. The minimum atomic E-state index is -0.361. The number of aryl methyl sites for hydroxylation is 1. The number of para-hydroxylation sites is 2. The van der Waals surface area contributed by atoms with Crippen molar-refractivity contribution >= 4 is 0 Å². The Balaban J connectivity index is 2.36. The Morgan fingerprint density at radius 3 is 1.91 bits per heavy atom. The number of hydrogen-bond donors (Lipinski definition) is 0. The fourth-order valence-electron chi connectivity index (χ4n) is 2.43. The van der Waals surface area contributed by atoms with Gasteiger partial charge in [-0.25, -0.2) is 9.36 Å². The second-order valence-corrected chi connectivity index (χ2v) is 4.97. The van der Waals surface area contributed by atoms with Crippen molar-refractivity contribution in [2.75, 3.05) is 0 Å². The van der Waals surface area contributed by atoms with Crippen LogP contribution in [0.1, 0.15) is 12.5 Å². The van der Waals surface area contributed by atoms with Gasteiger partial charge in [-0.2, -0.15) is 0 Å². The Morgan fingerprint density at radius 2 is 1.36 bits per heavy atom. The van der Waals surface area contributed by atoms with Crippen LogP contribution in [0.4, 0.5) is 0 Å². The summed E-state index contributed by atoms with van der Waals surface area (Å²) in [5, 5.41) is 0. The zero-order valence-electron chi connectivity index (χ0n) is 12.3. The van der Waals surface area contributed by atoms with Gasteiger partial charge >= 0.3 is 5.69 Å². The summed E-state index contributed by atoms with van der Waals surface area (Å²) in [4.78, 5) is 25.3. The second-order valence-electron chi connectivity index (χ2n) is 4.97. The summed E-state index contributed by atoms with van der Waals surface area (Å²) in [6.07, 6.45) is 2.21. The second kappa shape index (κ2) is 5.85. The molecule has 1 heterocycles. The van der Waals surface area contributed by atoms with Crippen molar-refractivity contribution in [2.45, 2.75) is 13.3 Å². The molecule has 110 valence electrons. The summed E-state index contributed by atoms with van der Waals surface area (Å²) in [6.45, 7) is 1.91. The van der Waals surface area contributed by atoms with E-state index in [4.69, 9.17) is 0 Å². The van der Waals surface area contributed by atoms with Gasteiger partial charge in [-0.15, -0.1) is 0 Å². The van der Waals surface area contributed by atoms with Crippen LogP contribution in [0.15, 0.2) is 76.4 Å². The van der Waals surface area contributed by atoms with Crippen LogP contribution in [-0.4, -0.2) is 9.13 Å². The van der Waals surface area contributed by atoms with Crippen LogP contribution in [0.25, 0.3) is 11.4 Å². The number of nitrogens with zero attached hydrogens (tertiary/aromatic N) is 2. The molecule has 3 aromatic rings. The molecular weight excluding hydrogens is 276 g/mol. The summed E-state index contributed by atoms with van der Waals surface area (Å²) < 4.78 is 2.75. The standard InChI is InChI=1S/C18H16N2O2/c1-2-14-13-19(15-9-5-3-6-10-15)18(22)20(17(14)21)16-11-7-4-8-12-16/h3-13H,2H2,1H3. The first-order chi connectivity index (χ1) is 10.7. The SMILES string of the molecule is CCc1cn(-c2ccccc2)c(=O)n(-c2ccccc2)c1=O. The van der Waals surface area contributed by atoms with Gasteiger partial charge in [-0.05, 0) is 30.7 Å². The fourth-order valence-corrected chi connectivity index (χ4v) is 2.43. The van der Waals surface area contributed by atoms with Gasteiger partial charge in [0.05, 0.1) is 11.4 Å². The first-order valence-electron chi connectivity index (χ1n) is 7.21. The van der Waals surface area contributed by atoms with Crippen molar-refractivity contribution in [3.05, 3.63) is 93.3 Å². The van der Waals surface area contributed by atoms with E-state index in [1.807, 2.05) is 55.5 Å². The lowest BCUT2D eigenvalue weighted by Gasteiger charge is -2.12. The van der Waals surface area contributed by atoms with E-state index in [-0.39, 0.29) is 11.2 Å². The molecule has 0 aliphatic carbocycles. The normalized spacial score (nSPS) is 10.6. The van der Waals surface area contributed by atoms with Gasteiger partial charge < -0.3 is 0 Å². The van der Waals surface area contributed by atoms with E-state index in [9.17, 15) is 9.59 Å². The summed E-state index contributed by atoms with van der Waals surface area (Å²) in [7, 11) is 0. The lowest BCUT2D eigenvalue weighted by molar-refractivity contribution is 0.776. The highest BCUT2D eigenvalue weighted by molar-refractivity contribution is 5.36. The van der Waals surface area contributed by atoms with Crippen LogP contribution in [0, 0.1) is 0 Å². The fraction of sp³-hybridized carbons (Fsp3) is 0.111. The van der Waals surface area contributed by atoms with E-state index >= 15 is 0 Å². The van der Waals surface area contributed by atoms with Gasteiger partial charge in [-0.1, -0.05) is 43.3 Å². The van der Waals surface area contributed by atoms with Crippen LogP contribution >= 0.6 is 0 Å². The maximum atomic E-state index is 12.8. The maximum Gasteiger partial charge on any atom is 0.340 e. The van der Waals surface area contributed by atoms with Crippen molar-refractivity contribution in [2.24, 2.45) is 0 Å². The van der Waals surface area contributed by atoms with E-state index in [1.165, 1.54) is 9.13 Å². The van der Waals surface area contributed by atoms with Crippen LogP contribution in [0.2, 0.25) is 0 Å². The maximum absolute atomic E-state index is 12.8. The third kappa shape index (κ3) is 2.39. The smallest absolute Gasteiger partial charge is 0.269 e. The molecule has 0 saturated heterocycles. The molecule has 0 atom stereocenters. The molecule has 0 bridgehead atoms. The van der Waals surface area contributed by atoms with Crippen LogP contribution in [0.3, 0.4) is 0 Å². The third-order valence-corrected chi connectivity index (χ3v) is 3.59. The minimum Gasteiger partial charge on any atom is -0.269 e. The average Bonchev–Trinajstić information content (AvgIpc) is 2.57. The van der Waals surface area contributed by atoms with Crippen LogP contribution in [0.5, 0.6) is 0 Å². The molecule has 2 aromatic carbocycles. The number of rotatable bonds is 3. The van der Waals surface area contributed by atoms with Crippen LogP contribution in [-0.2, 0) is 6.42 Å². The molecule has 1 aromatic heterocycles. The molecule has 4 heteroatoms. The Morgan fingerprint density at radius 1 is 0.818 bits per heavy atom. The number of benzene rings is 2. The van der Waals surface area contributed by atoms with Crippen molar-refractivity contribution in [1.29, 1.82) is 0 Å².